The summed E-state index contributed by atoms with van der Waals surface area (Å²) in [5.41, 5.74) is 8.96. The van der Waals surface area contributed by atoms with Crippen LogP contribution in [0.4, 0.5) is 18.9 Å². The van der Waals surface area contributed by atoms with Crippen molar-refractivity contribution in [1.82, 2.24) is 15.5 Å². The van der Waals surface area contributed by atoms with Gasteiger partial charge in [-0.2, -0.15) is 13.2 Å². The first-order chi connectivity index (χ1) is 21.5. The van der Waals surface area contributed by atoms with Crippen molar-refractivity contribution in [3.63, 3.8) is 0 Å². The molecule has 244 valence electrons. The molecule has 4 rings (SSSR count). The summed E-state index contributed by atoms with van der Waals surface area (Å²) in [6.07, 6.45) is -3.46. The average Bonchev–Trinajstić information content (AvgIpc) is 3.54. The quantitative estimate of drug-likeness (QED) is 0.214. The molecule has 0 radical (unpaired) electrons. The van der Waals surface area contributed by atoms with Crippen molar-refractivity contribution in [3.8, 4) is 0 Å². The molecule has 45 heavy (non-hydrogen) atoms. The number of piperazine rings is 1. The van der Waals surface area contributed by atoms with Crippen LogP contribution in [-0.4, -0.2) is 79.3 Å². The summed E-state index contributed by atoms with van der Waals surface area (Å²) in [6.45, 7) is 4.66. The van der Waals surface area contributed by atoms with Crippen LogP contribution in [0.5, 0.6) is 0 Å². The minimum absolute atomic E-state index is 0.0616. The minimum atomic E-state index is -5.08. The van der Waals surface area contributed by atoms with Crippen LogP contribution in [-0.2, 0) is 33.8 Å². The second-order valence-corrected chi connectivity index (χ2v) is 11.7. The number of carboxylic acid groups (broad SMARTS) is 1. The van der Waals surface area contributed by atoms with Gasteiger partial charge in [-0.25, -0.2) is 4.79 Å². The fraction of sp³-hybridized carbons (Fsp3) is 0.387. The molecule has 2 aromatic carbocycles. The van der Waals surface area contributed by atoms with Crippen LogP contribution in [0.1, 0.15) is 22.4 Å². The second-order valence-electron chi connectivity index (χ2n) is 10.2. The number of benzene rings is 2. The number of anilines is 1. The van der Waals surface area contributed by atoms with E-state index in [1.165, 1.54) is 16.1 Å². The number of alkyl halides is 3. The number of nitrogens with one attached hydrogen (secondary N) is 2. The van der Waals surface area contributed by atoms with Gasteiger partial charge in [-0.3, -0.25) is 9.59 Å². The lowest BCUT2D eigenvalue weighted by Gasteiger charge is -2.38. The smallest absolute Gasteiger partial charge is 0.475 e. The topological polar surface area (TPSA) is 128 Å². The number of carbonyl (C=O) groups excluding carboxylic acids is 2. The number of aliphatic carboxylic acids is 1. The number of para-hydroxylation sites is 1. The maximum absolute atomic E-state index is 13.5. The predicted molar refractivity (Wildman–Crippen MR) is 169 cm³/mol. The Balaban J connectivity index is 0.000000707. The van der Waals surface area contributed by atoms with E-state index in [9.17, 15) is 22.8 Å². The predicted octanol–water partition coefficient (Wildman–Crippen LogP) is 4.09. The monoisotopic (exact) mass is 667 g/mol. The molecule has 1 saturated heterocycles. The van der Waals surface area contributed by atoms with Gasteiger partial charge >= 0.3 is 12.1 Å². The maximum Gasteiger partial charge on any atom is 0.490 e. The van der Waals surface area contributed by atoms with E-state index in [2.05, 4.69) is 57.3 Å². The van der Waals surface area contributed by atoms with Crippen molar-refractivity contribution in [2.45, 2.75) is 38.0 Å². The number of hydrogen-bond donors (Lipinski definition) is 4. The Bertz CT molecular complexity index is 1370. The summed E-state index contributed by atoms with van der Waals surface area (Å²) in [5.74, 6) is -3.03. The number of nitrogens with zero attached hydrogens (tertiary/aromatic N) is 2. The van der Waals surface area contributed by atoms with Crippen LogP contribution in [0.15, 0.2) is 66.0 Å². The van der Waals surface area contributed by atoms with Crippen LogP contribution < -0.4 is 21.3 Å². The number of halogens is 4. The highest BCUT2D eigenvalue weighted by Crippen LogP contribution is 2.23. The first-order valence-electron chi connectivity index (χ1n) is 14.4. The summed E-state index contributed by atoms with van der Waals surface area (Å²) in [5, 5.41) is 16.4. The molecule has 0 spiro atoms. The van der Waals surface area contributed by atoms with Crippen molar-refractivity contribution < 1.29 is 32.7 Å². The summed E-state index contributed by atoms with van der Waals surface area (Å²) in [7, 11) is 0. The van der Waals surface area contributed by atoms with Gasteiger partial charge in [-0.05, 0) is 47.2 Å². The lowest BCUT2D eigenvalue weighted by Crippen LogP contribution is -2.55. The highest BCUT2D eigenvalue weighted by atomic mass is 35.5. The van der Waals surface area contributed by atoms with Crippen molar-refractivity contribution in [3.05, 3.63) is 87.1 Å². The van der Waals surface area contributed by atoms with Gasteiger partial charge in [0.2, 0.25) is 11.8 Å². The molecule has 9 nitrogen and oxygen atoms in total. The van der Waals surface area contributed by atoms with Crippen LogP contribution in [0.3, 0.4) is 0 Å². The van der Waals surface area contributed by atoms with E-state index in [1.807, 2.05) is 17.0 Å². The molecule has 2 heterocycles. The van der Waals surface area contributed by atoms with Crippen LogP contribution in [0.2, 0.25) is 5.02 Å². The van der Waals surface area contributed by atoms with E-state index in [-0.39, 0.29) is 24.8 Å². The fourth-order valence-corrected chi connectivity index (χ4v) is 5.54. The Morgan fingerprint density at radius 3 is 2.27 bits per heavy atom. The Morgan fingerprint density at radius 2 is 1.67 bits per heavy atom. The summed E-state index contributed by atoms with van der Waals surface area (Å²) >= 11 is 7.81. The lowest BCUT2D eigenvalue weighted by molar-refractivity contribution is -0.192. The molecule has 3 aromatic rings. The maximum atomic E-state index is 13.5. The highest BCUT2D eigenvalue weighted by molar-refractivity contribution is 7.09. The van der Waals surface area contributed by atoms with Gasteiger partial charge in [0.15, 0.2) is 0 Å². The number of carbonyl (C=O) groups is 3. The normalized spacial score (nSPS) is 13.9. The van der Waals surface area contributed by atoms with Gasteiger partial charge in [0.1, 0.15) is 6.04 Å². The molecular formula is C31H37ClF3N5O4S. The SMILES string of the molecule is NCCC(=O)N[C@H](Cc1ccc(Cl)cc1)C(=O)N1CCN(c2ccccc2CNCCc2cccs2)CC1.O=C(O)C(F)(F)F. The number of amides is 2. The van der Waals surface area contributed by atoms with Crippen molar-refractivity contribution >= 4 is 46.4 Å². The van der Waals surface area contributed by atoms with E-state index < -0.39 is 18.2 Å². The van der Waals surface area contributed by atoms with E-state index >= 15 is 0 Å². The highest BCUT2D eigenvalue weighted by Gasteiger charge is 2.38. The van der Waals surface area contributed by atoms with Crippen molar-refractivity contribution in [1.29, 1.82) is 0 Å². The zero-order valence-electron chi connectivity index (χ0n) is 24.6. The lowest BCUT2D eigenvalue weighted by atomic mass is 10.0. The summed E-state index contributed by atoms with van der Waals surface area (Å²) < 4.78 is 31.7. The van der Waals surface area contributed by atoms with Crippen LogP contribution in [0.25, 0.3) is 0 Å². The fourth-order valence-electron chi connectivity index (χ4n) is 4.70. The number of hydrogen-bond acceptors (Lipinski definition) is 7. The molecule has 0 unspecified atom stereocenters. The molecule has 1 atom stereocenters. The van der Waals surface area contributed by atoms with Gasteiger partial charge in [0, 0.05) is 74.2 Å². The number of nitrogens with two attached hydrogens (primary N) is 1. The molecular weight excluding hydrogens is 631 g/mol. The molecule has 1 fully saturated rings. The Hall–Kier alpha value is -3.65. The van der Waals surface area contributed by atoms with Gasteiger partial charge in [0.05, 0.1) is 0 Å². The number of rotatable bonds is 12. The molecule has 2 amide bonds. The van der Waals surface area contributed by atoms with E-state index in [0.717, 1.165) is 38.2 Å². The zero-order valence-corrected chi connectivity index (χ0v) is 26.1. The van der Waals surface area contributed by atoms with Gasteiger partial charge in [-0.1, -0.05) is 48.0 Å². The van der Waals surface area contributed by atoms with Crippen molar-refractivity contribution in [2.24, 2.45) is 5.73 Å². The molecule has 1 aliphatic heterocycles. The summed E-state index contributed by atoms with van der Waals surface area (Å²) in [4.78, 5) is 40.4. The molecule has 14 heteroatoms. The third-order valence-electron chi connectivity index (χ3n) is 6.97. The molecule has 1 aliphatic rings. The Morgan fingerprint density at radius 1 is 1.00 bits per heavy atom. The minimum Gasteiger partial charge on any atom is -0.475 e. The summed E-state index contributed by atoms with van der Waals surface area (Å²) in [6, 6.07) is 19.5. The van der Waals surface area contributed by atoms with Crippen LogP contribution in [0, 0.1) is 0 Å². The largest absolute Gasteiger partial charge is 0.490 e. The van der Waals surface area contributed by atoms with E-state index in [1.54, 1.807) is 23.5 Å². The van der Waals surface area contributed by atoms with Crippen molar-refractivity contribution in [2.75, 3.05) is 44.2 Å². The first kappa shape index (κ1) is 35.8. The number of carboxylic acids is 1. The first-order valence-corrected chi connectivity index (χ1v) is 15.6. The Kier molecular flexibility index (Phi) is 14.1. The van der Waals surface area contributed by atoms with E-state index in [0.29, 0.717) is 24.5 Å². The molecule has 0 saturated carbocycles. The van der Waals surface area contributed by atoms with Crippen LogP contribution >= 0.6 is 22.9 Å². The van der Waals surface area contributed by atoms with E-state index in [4.69, 9.17) is 27.2 Å². The molecule has 0 aliphatic carbocycles. The van der Waals surface area contributed by atoms with Gasteiger partial charge < -0.3 is 31.3 Å². The zero-order chi connectivity index (χ0) is 32.8. The van der Waals surface area contributed by atoms with Gasteiger partial charge in [0.25, 0.3) is 0 Å². The average molecular weight is 668 g/mol. The third kappa shape index (κ3) is 12.0. The molecule has 0 bridgehead atoms. The molecule has 5 N–H and O–H groups in total. The third-order valence-corrected chi connectivity index (χ3v) is 8.16. The molecule has 1 aromatic heterocycles. The standard InChI is InChI=1S/C29H36ClN5O2S.C2HF3O2/c30-24-9-7-22(8-10-24)20-26(33-28(36)11-13-31)29(37)35-17-15-34(16-18-35)27-6-2-1-4-23(27)21-32-14-12-25-5-3-19-38-25;3-2(4,5)1(6)7/h1-10,19,26,32H,11-18,20-21,31H2,(H,33,36);(H,6,7)/t26-;/m1./s1. The Labute approximate surface area is 269 Å². The number of thiophene rings is 1. The second kappa shape index (κ2) is 17.7. The van der Waals surface area contributed by atoms with Gasteiger partial charge in [-0.15, -0.1) is 11.3 Å².